The second kappa shape index (κ2) is 9.12. The SMILES string of the molecule is Cc1ccc(Nc2ccc(/C=C/C(=O)NOC3CCCCO3)cn2)cc1. The summed E-state index contributed by atoms with van der Waals surface area (Å²) in [6, 6.07) is 11.8. The molecular formula is C20H23N3O3. The third-order valence-corrected chi connectivity index (χ3v) is 3.97. The Hall–Kier alpha value is -2.70. The maximum atomic E-state index is 11.8. The fraction of sp³-hybridized carbons (Fsp3) is 0.300. The molecule has 1 amide bonds. The highest BCUT2D eigenvalue weighted by Gasteiger charge is 2.14. The lowest BCUT2D eigenvalue weighted by Gasteiger charge is -2.21. The van der Waals surface area contributed by atoms with Crippen molar-refractivity contribution in [1.82, 2.24) is 10.5 Å². The molecule has 0 bridgehead atoms. The molecule has 1 aliphatic heterocycles. The van der Waals surface area contributed by atoms with E-state index >= 15 is 0 Å². The number of nitrogens with one attached hydrogen (secondary N) is 2. The number of carbonyl (C=O) groups excluding carboxylic acids is 1. The first-order valence-corrected chi connectivity index (χ1v) is 8.74. The number of aryl methyl sites for hydroxylation is 1. The van der Waals surface area contributed by atoms with Gasteiger partial charge in [-0.15, -0.1) is 0 Å². The molecule has 0 saturated carbocycles. The summed E-state index contributed by atoms with van der Waals surface area (Å²) in [5.74, 6) is 0.411. The molecule has 6 heteroatoms. The van der Waals surface area contributed by atoms with Crippen molar-refractivity contribution in [3.05, 3.63) is 59.8 Å². The minimum Gasteiger partial charge on any atom is -0.350 e. The van der Waals surface area contributed by atoms with Gasteiger partial charge in [-0.05, 0) is 55.7 Å². The van der Waals surface area contributed by atoms with Crippen LogP contribution in [0.2, 0.25) is 0 Å². The van der Waals surface area contributed by atoms with E-state index in [2.05, 4.69) is 15.8 Å². The largest absolute Gasteiger partial charge is 0.350 e. The molecule has 2 aromatic rings. The maximum Gasteiger partial charge on any atom is 0.267 e. The van der Waals surface area contributed by atoms with Gasteiger partial charge in [-0.2, -0.15) is 0 Å². The Labute approximate surface area is 153 Å². The second-order valence-electron chi connectivity index (χ2n) is 6.18. The average Bonchev–Trinajstić information content (AvgIpc) is 2.68. The lowest BCUT2D eigenvalue weighted by molar-refractivity contribution is -0.198. The quantitative estimate of drug-likeness (QED) is 0.612. The van der Waals surface area contributed by atoms with Crippen LogP contribution in [0.5, 0.6) is 0 Å². The number of carbonyl (C=O) groups is 1. The number of nitrogens with zero attached hydrogens (tertiary/aromatic N) is 1. The van der Waals surface area contributed by atoms with Crippen LogP contribution in [0.3, 0.4) is 0 Å². The number of rotatable bonds is 6. The zero-order valence-corrected chi connectivity index (χ0v) is 14.8. The molecule has 1 aliphatic rings. The van der Waals surface area contributed by atoms with Gasteiger partial charge in [0.15, 0.2) is 6.29 Å². The number of aromatic nitrogens is 1. The first-order valence-electron chi connectivity index (χ1n) is 8.74. The van der Waals surface area contributed by atoms with Crippen LogP contribution >= 0.6 is 0 Å². The number of hydrogen-bond acceptors (Lipinski definition) is 5. The zero-order chi connectivity index (χ0) is 18.2. The molecule has 2 heterocycles. The van der Waals surface area contributed by atoms with Gasteiger partial charge >= 0.3 is 0 Å². The van der Waals surface area contributed by atoms with Crippen molar-refractivity contribution in [3.63, 3.8) is 0 Å². The monoisotopic (exact) mass is 353 g/mol. The zero-order valence-electron chi connectivity index (χ0n) is 14.8. The van der Waals surface area contributed by atoms with E-state index in [1.54, 1.807) is 12.3 Å². The molecule has 1 unspecified atom stereocenters. The molecule has 1 fully saturated rings. The molecule has 3 rings (SSSR count). The van der Waals surface area contributed by atoms with E-state index in [4.69, 9.17) is 9.57 Å². The first-order chi connectivity index (χ1) is 12.7. The van der Waals surface area contributed by atoms with Crippen molar-refractivity contribution >= 4 is 23.5 Å². The molecule has 136 valence electrons. The number of amides is 1. The van der Waals surface area contributed by atoms with Gasteiger partial charge < -0.3 is 10.1 Å². The molecule has 1 aromatic carbocycles. The van der Waals surface area contributed by atoms with Crippen molar-refractivity contribution in [1.29, 1.82) is 0 Å². The van der Waals surface area contributed by atoms with Crippen LogP contribution in [-0.2, 0) is 14.4 Å². The molecular weight excluding hydrogens is 330 g/mol. The van der Waals surface area contributed by atoms with Gasteiger partial charge in [0.25, 0.3) is 5.91 Å². The topological polar surface area (TPSA) is 72.5 Å². The molecule has 0 radical (unpaired) electrons. The lowest BCUT2D eigenvalue weighted by atomic mass is 10.2. The van der Waals surface area contributed by atoms with Gasteiger partial charge in [0.2, 0.25) is 0 Å². The van der Waals surface area contributed by atoms with E-state index in [1.807, 2.05) is 43.3 Å². The number of benzene rings is 1. The van der Waals surface area contributed by atoms with Crippen LogP contribution in [0, 0.1) is 6.92 Å². The fourth-order valence-electron chi connectivity index (χ4n) is 2.50. The van der Waals surface area contributed by atoms with Crippen molar-refractivity contribution in [2.45, 2.75) is 32.5 Å². The second-order valence-corrected chi connectivity index (χ2v) is 6.18. The number of pyridine rings is 1. The molecule has 1 saturated heterocycles. The van der Waals surface area contributed by atoms with Crippen molar-refractivity contribution in [3.8, 4) is 0 Å². The predicted molar refractivity (Wildman–Crippen MR) is 101 cm³/mol. The normalized spacial score (nSPS) is 17.2. The molecule has 1 aromatic heterocycles. The first kappa shape index (κ1) is 18.1. The summed E-state index contributed by atoms with van der Waals surface area (Å²) in [6.45, 7) is 2.72. The minimum atomic E-state index is -0.352. The summed E-state index contributed by atoms with van der Waals surface area (Å²) >= 11 is 0. The Morgan fingerprint density at radius 2 is 2.08 bits per heavy atom. The summed E-state index contributed by atoms with van der Waals surface area (Å²) in [7, 11) is 0. The van der Waals surface area contributed by atoms with Crippen LogP contribution in [0.4, 0.5) is 11.5 Å². The van der Waals surface area contributed by atoms with E-state index in [1.165, 1.54) is 11.6 Å². The van der Waals surface area contributed by atoms with E-state index in [9.17, 15) is 4.79 Å². The van der Waals surface area contributed by atoms with Crippen molar-refractivity contribution in [2.75, 3.05) is 11.9 Å². The summed E-state index contributed by atoms with van der Waals surface area (Å²) in [5.41, 5.74) is 5.40. The highest BCUT2D eigenvalue weighted by Crippen LogP contribution is 2.16. The van der Waals surface area contributed by atoms with Gasteiger partial charge in [-0.3, -0.25) is 4.79 Å². The van der Waals surface area contributed by atoms with Crippen LogP contribution in [0.1, 0.15) is 30.4 Å². The molecule has 1 atom stereocenters. The number of ether oxygens (including phenoxy) is 1. The van der Waals surface area contributed by atoms with E-state index < -0.39 is 0 Å². The third kappa shape index (κ3) is 5.68. The van der Waals surface area contributed by atoms with Crippen LogP contribution in [-0.4, -0.2) is 23.8 Å². The van der Waals surface area contributed by atoms with Crippen LogP contribution in [0.25, 0.3) is 6.08 Å². The van der Waals surface area contributed by atoms with Crippen LogP contribution < -0.4 is 10.8 Å². The van der Waals surface area contributed by atoms with E-state index in [0.29, 0.717) is 6.61 Å². The Kier molecular flexibility index (Phi) is 6.35. The molecule has 0 aliphatic carbocycles. The number of anilines is 2. The highest BCUT2D eigenvalue weighted by atomic mass is 16.8. The standard InChI is InChI=1S/C20H23N3O3/c1-15-5-9-17(10-6-15)22-18-11-7-16(14-21-18)8-12-19(24)23-26-20-4-2-3-13-25-20/h5-12,14,20H,2-4,13H2,1H3,(H,21,22)(H,23,24)/b12-8+. The average molecular weight is 353 g/mol. The van der Waals surface area contributed by atoms with Gasteiger partial charge in [0.1, 0.15) is 5.82 Å². The van der Waals surface area contributed by atoms with Gasteiger partial charge in [0.05, 0.1) is 0 Å². The lowest BCUT2D eigenvalue weighted by Crippen LogP contribution is -2.32. The van der Waals surface area contributed by atoms with Gasteiger partial charge in [-0.1, -0.05) is 17.7 Å². The Morgan fingerprint density at radius 1 is 1.23 bits per heavy atom. The van der Waals surface area contributed by atoms with E-state index in [-0.39, 0.29) is 12.2 Å². The Bertz CT molecular complexity index is 736. The smallest absolute Gasteiger partial charge is 0.267 e. The number of hydroxylamine groups is 1. The number of hydrogen-bond donors (Lipinski definition) is 2. The summed E-state index contributed by atoms with van der Waals surface area (Å²) in [6.07, 6.45) is 7.32. The Balaban J connectivity index is 1.47. The molecule has 2 N–H and O–H groups in total. The fourth-order valence-corrected chi connectivity index (χ4v) is 2.50. The molecule has 6 nitrogen and oxygen atoms in total. The Morgan fingerprint density at radius 3 is 2.77 bits per heavy atom. The summed E-state index contributed by atoms with van der Waals surface area (Å²) < 4.78 is 5.38. The summed E-state index contributed by atoms with van der Waals surface area (Å²) in [5, 5.41) is 3.23. The summed E-state index contributed by atoms with van der Waals surface area (Å²) in [4.78, 5) is 21.4. The predicted octanol–water partition coefficient (Wildman–Crippen LogP) is 3.72. The van der Waals surface area contributed by atoms with Gasteiger partial charge in [-0.25, -0.2) is 15.3 Å². The van der Waals surface area contributed by atoms with Crippen molar-refractivity contribution < 1.29 is 14.4 Å². The third-order valence-electron chi connectivity index (χ3n) is 3.97. The maximum absolute atomic E-state index is 11.8. The van der Waals surface area contributed by atoms with Gasteiger partial charge in [0, 0.05) is 31.0 Å². The highest BCUT2D eigenvalue weighted by molar-refractivity contribution is 5.90. The minimum absolute atomic E-state index is 0.332. The molecule has 26 heavy (non-hydrogen) atoms. The van der Waals surface area contributed by atoms with Crippen molar-refractivity contribution in [2.24, 2.45) is 0 Å². The van der Waals surface area contributed by atoms with E-state index in [0.717, 1.165) is 36.3 Å². The molecule has 0 spiro atoms. The van der Waals surface area contributed by atoms with Crippen LogP contribution in [0.15, 0.2) is 48.7 Å².